The molecule has 1 aliphatic heterocycles. The number of para-hydroxylation sites is 1. The average Bonchev–Trinajstić information content (AvgIpc) is 3.33. The molecular weight excluding hydrogens is 373 g/mol. The molecule has 5 rings (SSSR count). The minimum absolute atomic E-state index is 0.0220. The highest BCUT2D eigenvalue weighted by molar-refractivity contribution is 7.19. The van der Waals surface area contributed by atoms with Crippen LogP contribution in [-0.4, -0.2) is 21.3 Å². The molecule has 0 saturated heterocycles. The summed E-state index contributed by atoms with van der Waals surface area (Å²) < 4.78 is 15.1. The molecule has 4 nitrogen and oxygen atoms in total. The third-order valence-corrected chi connectivity index (χ3v) is 6.46. The molecule has 0 bridgehead atoms. The third kappa shape index (κ3) is 2.56. The zero-order chi connectivity index (χ0) is 19.4. The predicted molar refractivity (Wildman–Crippen MR) is 110 cm³/mol. The Morgan fingerprint density at radius 3 is 2.68 bits per heavy atom. The summed E-state index contributed by atoms with van der Waals surface area (Å²) in [4.78, 5) is 21.4. The van der Waals surface area contributed by atoms with Gasteiger partial charge >= 0.3 is 0 Å². The maximum absolute atomic E-state index is 13.4. The van der Waals surface area contributed by atoms with E-state index in [0.717, 1.165) is 34.0 Å². The van der Waals surface area contributed by atoms with Gasteiger partial charge in [-0.25, -0.2) is 9.37 Å². The lowest BCUT2D eigenvalue weighted by Crippen LogP contribution is -2.35. The molecule has 4 aromatic rings. The van der Waals surface area contributed by atoms with Crippen LogP contribution in [0.15, 0.2) is 54.7 Å². The van der Waals surface area contributed by atoms with Crippen LogP contribution in [0, 0.1) is 12.7 Å². The molecule has 0 saturated carbocycles. The molecular formula is C22H18FN3OS. The van der Waals surface area contributed by atoms with Gasteiger partial charge in [0.05, 0.1) is 5.69 Å². The van der Waals surface area contributed by atoms with Gasteiger partial charge in [0.1, 0.15) is 10.7 Å². The van der Waals surface area contributed by atoms with Crippen molar-refractivity contribution in [3.63, 3.8) is 0 Å². The molecule has 0 fully saturated rings. The van der Waals surface area contributed by atoms with Gasteiger partial charge in [0, 0.05) is 29.2 Å². The van der Waals surface area contributed by atoms with Crippen molar-refractivity contribution in [1.29, 1.82) is 0 Å². The number of aromatic nitrogens is 2. The number of anilines is 1. The van der Waals surface area contributed by atoms with E-state index >= 15 is 0 Å². The Labute approximate surface area is 165 Å². The fourth-order valence-corrected chi connectivity index (χ4v) is 4.94. The van der Waals surface area contributed by atoms with E-state index in [-0.39, 0.29) is 17.8 Å². The summed E-state index contributed by atoms with van der Waals surface area (Å²) in [6, 6.07) is 14.5. The molecule has 2 aromatic heterocycles. The molecule has 1 amide bonds. The molecule has 0 spiro atoms. The van der Waals surface area contributed by atoms with E-state index in [0.29, 0.717) is 4.88 Å². The Balaban J connectivity index is 1.53. The highest BCUT2D eigenvalue weighted by atomic mass is 32.1. The van der Waals surface area contributed by atoms with Crippen LogP contribution in [0.4, 0.5) is 10.1 Å². The zero-order valence-electron chi connectivity index (χ0n) is 15.5. The standard InChI is InChI=1S/C22H18FN3OS/c1-13-11-16-5-3-4-6-19(16)26(13)21(27)20-14(2)25-12-18(24-22(25)28-20)15-7-9-17(23)10-8-15/h3-10,12-13H,11H2,1-2H3/t13-/m1/s1. The summed E-state index contributed by atoms with van der Waals surface area (Å²) in [7, 11) is 0. The highest BCUT2D eigenvalue weighted by Gasteiger charge is 2.33. The molecule has 0 radical (unpaired) electrons. The van der Waals surface area contributed by atoms with Gasteiger partial charge in [-0.3, -0.25) is 9.20 Å². The number of halogens is 1. The van der Waals surface area contributed by atoms with Crippen LogP contribution in [0.1, 0.15) is 27.9 Å². The lowest BCUT2D eigenvalue weighted by atomic mass is 10.1. The van der Waals surface area contributed by atoms with Gasteiger partial charge in [-0.2, -0.15) is 0 Å². The summed E-state index contributed by atoms with van der Waals surface area (Å²) in [6.07, 6.45) is 2.78. The molecule has 0 unspecified atom stereocenters. The lowest BCUT2D eigenvalue weighted by molar-refractivity contribution is 0.0984. The number of amides is 1. The highest BCUT2D eigenvalue weighted by Crippen LogP contribution is 2.35. The molecule has 2 aromatic carbocycles. The quantitative estimate of drug-likeness (QED) is 0.477. The van der Waals surface area contributed by atoms with Crippen molar-refractivity contribution in [2.24, 2.45) is 0 Å². The molecule has 0 N–H and O–H groups in total. The largest absolute Gasteiger partial charge is 0.304 e. The Hall–Kier alpha value is -2.99. The molecule has 0 aliphatic carbocycles. The normalized spacial score (nSPS) is 16.0. The Morgan fingerprint density at radius 1 is 1.18 bits per heavy atom. The van der Waals surface area contributed by atoms with Crippen LogP contribution in [-0.2, 0) is 6.42 Å². The second-order valence-corrected chi connectivity index (χ2v) is 8.14. The van der Waals surface area contributed by atoms with Crippen molar-refractivity contribution in [2.45, 2.75) is 26.3 Å². The summed E-state index contributed by atoms with van der Waals surface area (Å²) in [5.41, 5.74) is 4.71. The van der Waals surface area contributed by atoms with Crippen LogP contribution in [0.25, 0.3) is 16.2 Å². The minimum atomic E-state index is -0.270. The molecule has 140 valence electrons. The second kappa shape index (κ2) is 6.27. The predicted octanol–water partition coefficient (Wildman–Crippen LogP) is 5.10. The van der Waals surface area contributed by atoms with Crippen molar-refractivity contribution < 1.29 is 9.18 Å². The number of hydrogen-bond donors (Lipinski definition) is 0. The van der Waals surface area contributed by atoms with Gasteiger partial charge < -0.3 is 4.90 Å². The van der Waals surface area contributed by atoms with Crippen LogP contribution in [0.5, 0.6) is 0 Å². The fraction of sp³-hybridized carbons (Fsp3) is 0.182. The zero-order valence-corrected chi connectivity index (χ0v) is 16.3. The van der Waals surface area contributed by atoms with E-state index in [1.165, 1.54) is 29.0 Å². The first kappa shape index (κ1) is 17.1. The Bertz CT molecular complexity index is 1210. The third-order valence-electron chi connectivity index (χ3n) is 5.32. The summed E-state index contributed by atoms with van der Waals surface area (Å²) in [6.45, 7) is 4.03. The van der Waals surface area contributed by atoms with E-state index in [2.05, 4.69) is 18.0 Å². The number of fused-ring (bicyclic) bond motifs is 2. The Kier molecular flexibility index (Phi) is 3.84. The first-order valence-corrected chi connectivity index (χ1v) is 10.0. The van der Waals surface area contributed by atoms with Crippen molar-refractivity contribution in [3.05, 3.63) is 76.7 Å². The second-order valence-electron chi connectivity index (χ2n) is 7.16. The van der Waals surface area contributed by atoms with Gasteiger partial charge in [-0.1, -0.05) is 29.5 Å². The fourth-order valence-electron chi connectivity index (χ4n) is 3.89. The SMILES string of the molecule is Cc1c(C(=O)N2c3ccccc3C[C@H]2C)sc2nc(-c3ccc(F)cc3)cn12. The monoisotopic (exact) mass is 391 g/mol. The smallest absolute Gasteiger partial charge is 0.270 e. The van der Waals surface area contributed by atoms with Gasteiger partial charge in [0.2, 0.25) is 0 Å². The number of nitrogens with zero attached hydrogens (tertiary/aromatic N) is 3. The number of hydrogen-bond acceptors (Lipinski definition) is 3. The topological polar surface area (TPSA) is 37.6 Å². The van der Waals surface area contributed by atoms with Crippen molar-refractivity contribution >= 4 is 27.9 Å². The molecule has 1 atom stereocenters. The lowest BCUT2D eigenvalue weighted by Gasteiger charge is -2.22. The van der Waals surface area contributed by atoms with Crippen LogP contribution in [0.2, 0.25) is 0 Å². The van der Waals surface area contributed by atoms with Gasteiger partial charge in [0.15, 0.2) is 4.96 Å². The maximum atomic E-state index is 13.4. The number of aryl methyl sites for hydroxylation is 1. The van der Waals surface area contributed by atoms with Gasteiger partial charge in [-0.15, -0.1) is 0 Å². The molecule has 3 heterocycles. The van der Waals surface area contributed by atoms with Crippen molar-refractivity contribution in [1.82, 2.24) is 9.38 Å². The van der Waals surface area contributed by atoms with Crippen molar-refractivity contribution in [3.8, 4) is 11.3 Å². The van der Waals surface area contributed by atoms with Crippen LogP contribution in [0.3, 0.4) is 0 Å². The van der Waals surface area contributed by atoms with E-state index in [4.69, 9.17) is 0 Å². The molecule has 6 heteroatoms. The van der Waals surface area contributed by atoms with E-state index in [1.54, 1.807) is 12.1 Å². The average molecular weight is 391 g/mol. The summed E-state index contributed by atoms with van der Waals surface area (Å²) in [5.74, 6) is -0.248. The Morgan fingerprint density at radius 2 is 1.93 bits per heavy atom. The number of thiazole rings is 1. The van der Waals surface area contributed by atoms with Crippen LogP contribution >= 0.6 is 11.3 Å². The summed E-state index contributed by atoms with van der Waals surface area (Å²) >= 11 is 1.40. The van der Waals surface area contributed by atoms with Gasteiger partial charge in [0.25, 0.3) is 5.91 Å². The van der Waals surface area contributed by atoms with Crippen molar-refractivity contribution in [2.75, 3.05) is 4.90 Å². The summed E-state index contributed by atoms with van der Waals surface area (Å²) in [5, 5.41) is 0. The minimum Gasteiger partial charge on any atom is -0.304 e. The number of rotatable bonds is 2. The molecule has 1 aliphatic rings. The molecule has 28 heavy (non-hydrogen) atoms. The number of benzene rings is 2. The number of carbonyl (C=O) groups is 1. The van der Waals surface area contributed by atoms with Gasteiger partial charge in [-0.05, 0) is 56.2 Å². The van der Waals surface area contributed by atoms with E-state index in [1.807, 2.05) is 40.6 Å². The number of imidazole rings is 1. The van der Waals surface area contributed by atoms with E-state index < -0.39 is 0 Å². The van der Waals surface area contributed by atoms with Crippen LogP contribution < -0.4 is 4.90 Å². The maximum Gasteiger partial charge on any atom is 0.270 e. The number of carbonyl (C=O) groups excluding carboxylic acids is 1. The first-order valence-electron chi connectivity index (χ1n) is 9.19. The van der Waals surface area contributed by atoms with E-state index in [9.17, 15) is 9.18 Å². The first-order chi connectivity index (χ1) is 13.5.